The zero-order valence-electron chi connectivity index (χ0n) is 20.3. The van der Waals surface area contributed by atoms with Gasteiger partial charge in [-0.05, 0) is 54.4 Å². The lowest BCUT2D eigenvalue weighted by Crippen LogP contribution is -2.51. The maximum atomic E-state index is 13.0. The van der Waals surface area contributed by atoms with E-state index in [9.17, 15) is 9.59 Å². The smallest absolute Gasteiger partial charge is 0.444 e. The highest BCUT2D eigenvalue weighted by Gasteiger charge is 2.52. The van der Waals surface area contributed by atoms with Crippen molar-refractivity contribution >= 4 is 30.5 Å². The van der Waals surface area contributed by atoms with Crippen LogP contribution in [0.3, 0.4) is 0 Å². The van der Waals surface area contributed by atoms with Gasteiger partial charge in [0.1, 0.15) is 11.6 Å². The molecule has 9 nitrogen and oxygen atoms in total. The lowest BCUT2D eigenvalue weighted by Gasteiger charge is -2.32. The van der Waals surface area contributed by atoms with Gasteiger partial charge < -0.3 is 19.4 Å². The number of hydrogen-bond donors (Lipinski definition) is 1. The number of aromatic nitrogens is 2. The topological polar surface area (TPSA) is 103 Å². The monoisotopic (exact) mass is 434 g/mol. The third-order valence-electron chi connectivity index (χ3n) is 5.42. The van der Waals surface area contributed by atoms with Crippen LogP contribution in [0.25, 0.3) is 0 Å². The summed E-state index contributed by atoms with van der Waals surface area (Å²) in [7, 11) is 0.982. The van der Waals surface area contributed by atoms with E-state index in [1.165, 1.54) is 4.90 Å². The molecule has 1 aliphatic heterocycles. The Morgan fingerprint density at radius 1 is 1.10 bits per heavy atom. The summed E-state index contributed by atoms with van der Waals surface area (Å²) in [5.74, 6) is -0.294. The normalized spacial score (nSPS) is 18.6. The molecular weight excluding hydrogens is 399 g/mol. The lowest BCUT2D eigenvalue weighted by atomic mass is 9.81. The van der Waals surface area contributed by atoms with Crippen molar-refractivity contribution < 1.29 is 23.6 Å². The van der Waals surface area contributed by atoms with Gasteiger partial charge in [-0.2, -0.15) is 0 Å². The number of carbonyl (C=O) groups is 2. The molecule has 0 aromatic carbocycles. The molecule has 1 atom stereocenters. The Morgan fingerprint density at radius 2 is 1.58 bits per heavy atom. The predicted molar refractivity (Wildman–Crippen MR) is 119 cm³/mol. The number of rotatable bonds is 5. The molecule has 1 saturated heterocycles. The molecule has 31 heavy (non-hydrogen) atoms. The first kappa shape index (κ1) is 25.1. The average Bonchev–Trinajstić information content (AvgIpc) is 2.84. The van der Waals surface area contributed by atoms with Crippen LogP contribution in [0.1, 0.15) is 62.3 Å². The van der Waals surface area contributed by atoms with Crippen LogP contribution in [0.2, 0.25) is 0 Å². The maximum absolute atomic E-state index is 13.0. The van der Waals surface area contributed by atoms with Crippen LogP contribution in [0.15, 0.2) is 12.4 Å². The molecule has 1 aliphatic rings. The van der Waals surface area contributed by atoms with Crippen molar-refractivity contribution in [1.82, 2.24) is 15.3 Å². The van der Waals surface area contributed by atoms with E-state index >= 15 is 0 Å². The molecule has 172 valence electrons. The average molecular weight is 434 g/mol. The van der Waals surface area contributed by atoms with Crippen LogP contribution in [-0.2, 0) is 18.8 Å². The van der Waals surface area contributed by atoms with E-state index in [4.69, 9.17) is 14.0 Å². The van der Waals surface area contributed by atoms with Crippen molar-refractivity contribution in [2.75, 3.05) is 11.9 Å². The first-order valence-corrected chi connectivity index (χ1v) is 10.5. The van der Waals surface area contributed by atoms with Gasteiger partial charge in [-0.1, -0.05) is 13.8 Å². The Morgan fingerprint density at radius 3 is 2.00 bits per heavy atom. The van der Waals surface area contributed by atoms with Crippen molar-refractivity contribution in [3.05, 3.63) is 12.4 Å². The van der Waals surface area contributed by atoms with Crippen molar-refractivity contribution in [2.24, 2.45) is 5.92 Å². The zero-order valence-corrected chi connectivity index (χ0v) is 20.3. The standard InChI is InChI=1S/C21H35BN4O5/c1-13(2)15(25-18(28)29-19(3,4)5)16(27)26(10)17-23-11-14(12-24-17)22-30-20(6,7)21(8,9)31-22/h11-13,15H,1-10H3,(H,25,28). The van der Waals surface area contributed by atoms with Crippen LogP contribution in [-0.4, -0.2) is 59.0 Å². The molecule has 10 heteroatoms. The van der Waals surface area contributed by atoms with E-state index in [1.807, 2.05) is 41.5 Å². The van der Waals surface area contributed by atoms with Gasteiger partial charge in [0.2, 0.25) is 5.95 Å². The van der Waals surface area contributed by atoms with E-state index in [0.717, 1.165) is 0 Å². The zero-order chi connectivity index (χ0) is 23.8. The minimum atomic E-state index is -0.786. The number of hydrogen-bond acceptors (Lipinski definition) is 7. The minimum absolute atomic E-state index is 0.161. The summed E-state index contributed by atoms with van der Waals surface area (Å²) in [5, 5.41) is 2.65. The summed E-state index contributed by atoms with van der Waals surface area (Å²) in [4.78, 5) is 35.1. The first-order valence-electron chi connectivity index (χ1n) is 10.5. The largest absolute Gasteiger partial charge is 0.498 e. The van der Waals surface area contributed by atoms with Gasteiger partial charge in [-0.15, -0.1) is 0 Å². The van der Waals surface area contributed by atoms with Gasteiger partial charge in [-0.3, -0.25) is 9.69 Å². The number of anilines is 1. The number of alkyl carbamates (subject to hydrolysis) is 1. The summed E-state index contributed by atoms with van der Waals surface area (Å²) in [6, 6.07) is -0.786. The molecular formula is C21H35BN4O5. The fourth-order valence-electron chi connectivity index (χ4n) is 2.86. The highest BCUT2D eigenvalue weighted by atomic mass is 16.7. The quantitative estimate of drug-likeness (QED) is 0.710. The van der Waals surface area contributed by atoms with Gasteiger partial charge in [0, 0.05) is 24.9 Å². The highest BCUT2D eigenvalue weighted by molar-refractivity contribution is 6.61. The Labute approximate surface area is 185 Å². The molecule has 1 N–H and O–H groups in total. The van der Waals surface area contributed by atoms with Crippen molar-refractivity contribution in [3.63, 3.8) is 0 Å². The number of carbonyl (C=O) groups excluding carboxylic acids is 2. The summed E-state index contributed by atoms with van der Waals surface area (Å²) < 4.78 is 17.3. The molecule has 0 aliphatic carbocycles. The van der Waals surface area contributed by atoms with E-state index in [-0.39, 0.29) is 17.8 Å². The SMILES string of the molecule is CC(C)C(NC(=O)OC(C)(C)C)C(=O)N(C)c1ncc(B2OC(C)(C)C(C)(C)O2)cn1. The Bertz CT molecular complexity index is 789. The molecule has 1 unspecified atom stereocenters. The van der Waals surface area contributed by atoms with Crippen LogP contribution in [0.5, 0.6) is 0 Å². The number of amides is 2. The molecule has 0 bridgehead atoms. The summed E-state index contributed by atoms with van der Waals surface area (Å²) in [5.41, 5.74) is -0.940. The van der Waals surface area contributed by atoms with E-state index in [1.54, 1.807) is 40.2 Å². The number of nitrogens with one attached hydrogen (secondary N) is 1. The van der Waals surface area contributed by atoms with Crippen LogP contribution >= 0.6 is 0 Å². The molecule has 0 spiro atoms. The summed E-state index contributed by atoms with van der Waals surface area (Å²) in [6.07, 6.45) is 2.52. The number of nitrogens with zero attached hydrogens (tertiary/aromatic N) is 3. The fourth-order valence-corrected chi connectivity index (χ4v) is 2.86. The van der Waals surface area contributed by atoms with E-state index in [2.05, 4.69) is 15.3 Å². The van der Waals surface area contributed by atoms with E-state index < -0.39 is 36.1 Å². The number of likely N-dealkylation sites (N-methyl/N-ethyl adjacent to an activating group) is 1. The summed E-state index contributed by atoms with van der Waals surface area (Å²) in [6.45, 7) is 16.9. The number of ether oxygens (including phenoxy) is 1. The van der Waals surface area contributed by atoms with Crippen LogP contribution in [0, 0.1) is 5.92 Å². The third kappa shape index (κ3) is 5.95. The van der Waals surface area contributed by atoms with Crippen molar-refractivity contribution in [2.45, 2.75) is 85.2 Å². The lowest BCUT2D eigenvalue weighted by molar-refractivity contribution is -0.121. The van der Waals surface area contributed by atoms with Gasteiger partial charge >= 0.3 is 13.2 Å². The molecule has 2 rings (SSSR count). The van der Waals surface area contributed by atoms with Gasteiger partial charge in [0.25, 0.3) is 5.91 Å². The van der Waals surface area contributed by atoms with Gasteiger partial charge in [0.15, 0.2) is 0 Å². The Balaban J connectivity index is 2.11. The molecule has 1 aromatic rings. The second-order valence-corrected chi connectivity index (χ2v) is 10.2. The Kier molecular flexibility index (Phi) is 7.07. The molecule has 0 radical (unpaired) electrons. The predicted octanol–water partition coefficient (Wildman–Crippen LogP) is 2.29. The third-order valence-corrected chi connectivity index (χ3v) is 5.42. The highest BCUT2D eigenvalue weighted by Crippen LogP contribution is 2.36. The van der Waals surface area contributed by atoms with Gasteiger partial charge in [-0.25, -0.2) is 14.8 Å². The molecule has 2 heterocycles. The van der Waals surface area contributed by atoms with E-state index in [0.29, 0.717) is 5.46 Å². The minimum Gasteiger partial charge on any atom is -0.444 e. The fraction of sp³-hybridized carbons (Fsp3) is 0.714. The van der Waals surface area contributed by atoms with Gasteiger partial charge in [0.05, 0.1) is 11.2 Å². The van der Waals surface area contributed by atoms with Crippen molar-refractivity contribution in [1.29, 1.82) is 0 Å². The maximum Gasteiger partial charge on any atom is 0.498 e. The second-order valence-electron chi connectivity index (χ2n) is 10.2. The molecule has 0 saturated carbocycles. The molecule has 1 aromatic heterocycles. The summed E-state index contributed by atoms with van der Waals surface area (Å²) >= 11 is 0. The molecule has 2 amide bonds. The molecule has 1 fully saturated rings. The second kappa shape index (κ2) is 8.74. The van der Waals surface area contributed by atoms with Crippen LogP contribution < -0.4 is 15.7 Å². The first-order chi connectivity index (χ1) is 14.0. The van der Waals surface area contributed by atoms with Crippen molar-refractivity contribution in [3.8, 4) is 0 Å². The Hall–Kier alpha value is -2.20. The van der Waals surface area contributed by atoms with Crippen LogP contribution in [0.4, 0.5) is 10.7 Å².